The van der Waals surface area contributed by atoms with Gasteiger partial charge in [0.1, 0.15) is 0 Å². The highest BCUT2D eigenvalue weighted by molar-refractivity contribution is 5.01. The molecule has 10 heavy (non-hydrogen) atoms. The Morgan fingerprint density at radius 1 is 1.30 bits per heavy atom. The smallest absolute Gasteiger partial charge is 0.0980 e. The van der Waals surface area contributed by atoms with Crippen molar-refractivity contribution < 1.29 is 0 Å². The Hall–Kier alpha value is -0.550. The summed E-state index contributed by atoms with van der Waals surface area (Å²) in [4.78, 5) is 2.38. The van der Waals surface area contributed by atoms with Gasteiger partial charge in [0.05, 0.1) is 12.1 Å². The molecule has 1 atom stereocenters. The fraction of sp³-hybridized carbons (Fsp3) is 0.875. The minimum absolute atomic E-state index is 0.257. The van der Waals surface area contributed by atoms with Crippen LogP contribution in [-0.2, 0) is 0 Å². The van der Waals surface area contributed by atoms with Crippen LogP contribution in [-0.4, -0.2) is 23.5 Å². The molecular weight excluding hydrogens is 124 g/mol. The maximum Gasteiger partial charge on any atom is 0.0980 e. The molecule has 54 valence electrons. The first kappa shape index (κ1) is 6.18. The predicted molar refractivity (Wildman–Crippen MR) is 38.4 cm³/mol. The average Bonchev–Trinajstić information content (AvgIpc) is 2.69. The van der Waals surface area contributed by atoms with E-state index in [0.717, 1.165) is 12.5 Å². The number of hydrogen-bond acceptors (Lipinski definition) is 2. The number of rotatable bonds is 1. The van der Waals surface area contributed by atoms with Crippen LogP contribution in [0.5, 0.6) is 0 Å². The molecule has 2 aliphatic rings. The van der Waals surface area contributed by atoms with Crippen molar-refractivity contribution in [3.05, 3.63) is 0 Å². The number of hydrogen-bond donors (Lipinski definition) is 0. The summed E-state index contributed by atoms with van der Waals surface area (Å²) in [6, 6.07) is 3.40. The van der Waals surface area contributed by atoms with Gasteiger partial charge in [0.15, 0.2) is 0 Å². The highest BCUT2D eigenvalue weighted by Crippen LogP contribution is 2.32. The van der Waals surface area contributed by atoms with E-state index in [1.807, 2.05) is 0 Å². The largest absolute Gasteiger partial charge is 0.285 e. The topological polar surface area (TPSA) is 27.0 Å². The quantitative estimate of drug-likeness (QED) is 0.540. The third-order valence-corrected chi connectivity index (χ3v) is 2.46. The first-order valence-electron chi connectivity index (χ1n) is 4.07. The molecule has 1 unspecified atom stereocenters. The molecule has 1 aliphatic heterocycles. The number of likely N-dealkylation sites (tertiary alicyclic amines) is 1. The summed E-state index contributed by atoms with van der Waals surface area (Å²) >= 11 is 0. The average molecular weight is 136 g/mol. The molecule has 0 radical (unpaired) electrons. The van der Waals surface area contributed by atoms with Gasteiger partial charge in [-0.05, 0) is 32.2 Å². The summed E-state index contributed by atoms with van der Waals surface area (Å²) in [5.41, 5.74) is 0. The summed E-state index contributed by atoms with van der Waals surface area (Å²) in [5, 5.41) is 8.72. The number of nitriles is 1. The highest BCUT2D eigenvalue weighted by Gasteiger charge is 2.36. The van der Waals surface area contributed by atoms with Gasteiger partial charge in [0.2, 0.25) is 0 Å². The van der Waals surface area contributed by atoms with E-state index in [1.165, 1.54) is 25.8 Å². The third-order valence-electron chi connectivity index (χ3n) is 2.46. The molecule has 1 aliphatic carbocycles. The molecule has 1 saturated heterocycles. The molecule has 0 amide bonds. The van der Waals surface area contributed by atoms with Crippen molar-refractivity contribution in [2.75, 3.05) is 6.54 Å². The summed E-state index contributed by atoms with van der Waals surface area (Å²) in [7, 11) is 0. The fourth-order valence-electron chi connectivity index (χ4n) is 1.77. The molecule has 0 aromatic rings. The van der Waals surface area contributed by atoms with Gasteiger partial charge in [-0.1, -0.05) is 0 Å². The van der Waals surface area contributed by atoms with Gasteiger partial charge in [-0.2, -0.15) is 5.26 Å². The molecule has 2 rings (SSSR count). The standard InChI is InChI=1S/C8H12N2/c9-6-8-2-1-5-10(8)7-3-4-7/h7-8H,1-5H2. The molecule has 2 heteroatoms. The van der Waals surface area contributed by atoms with Gasteiger partial charge in [-0.15, -0.1) is 0 Å². The van der Waals surface area contributed by atoms with E-state index in [4.69, 9.17) is 5.26 Å². The highest BCUT2D eigenvalue weighted by atomic mass is 15.2. The minimum atomic E-state index is 0.257. The van der Waals surface area contributed by atoms with E-state index in [1.54, 1.807) is 0 Å². The van der Waals surface area contributed by atoms with Gasteiger partial charge >= 0.3 is 0 Å². The van der Waals surface area contributed by atoms with Gasteiger partial charge in [-0.3, -0.25) is 4.90 Å². The van der Waals surface area contributed by atoms with E-state index in [-0.39, 0.29) is 6.04 Å². The van der Waals surface area contributed by atoms with Crippen molar-refractivity contribution in [2.24, 2.45) is 0 Å². The molecule has 1 heterocycles. The molecule has 0 aromatic carbocycles. The summed E-state index contributed by atoms with van der Waals surface area (Å²) in [5.74, 6) is 0. The Bertz CT molecular complexity index is 167. The molecule has 0 spiro atoms. The number of nitrogens with zero attached hydrogens (tertiary/aromatic N) is 2. The van der Waals surface area contributed by atoms with Crippen molar-refractivity contribution >= 4 is 0 Å². The van der Waals surface area contributed by atoms with Crippen LogP contribution in [0.25, 0.3) is 0 Å². The van der Waals surface area contributed by atoms with Crippen LogP contribution in [0, 0.1) is 11.3 Å². The Morgan fingerprint density at radius 2 is 2.10 bits per heavy atom. The molecule has 1 saturated carbocycles. The zero-order valence-corrected chi connectivity index (χ0v) is 6.08. The van der Waals surface area contributed by atoms with E-state index in [0.29, 0.717) is 0 Å². The van der Waals surface area contributed by atoms with Gasteiger partial charge in [0, 0.05) is 6.04 Å². The van der Waals surface area contributed by atoms with Crippen LogP contribution >= 0.6 is 0 Å². The Labute approximate surface area is 61.4 Å². The molecule has 0 aromatic heterocycles. The van der Waals surface area contributed by atoms with Crippen molar-refractivity contribution in [3.63, 3.8) is 0 Å². The van der Waals surface area contributed by atoms with E-state index in [9.17, 15) is 0 Å². The zero-order valence-electron chi connectivity index (χ0n) is 6.08. The van der Waals surface area contributed by atoms with Crippen molar-refractivity contribution in [1.29, 1.82) is 5.26 Å². The lowest BCUT2D eigenvalue weighted by atomic mass is 10.2. The molecule has 0 bridgehead atoms. The van der Waals surface area contributed by atoms with Gasteiger partial charge < -0.3 is 0 Å². The maximum absolute atomic E-state index is 8.72. The zero-order chi connectivity index (χ0) is 6.97. The van der Waals surface area contributed by atoms with E-state index in [2.05, 4.69) is 11.0 Å². The second-order valence-corrected chi connectivity index (χ2v) is 3.26. The van der Waals surface area contributed by atoms with Crippen LogP contribution in [0.4, 0.5) is 0 Å². The summed E-state index contributed by atoms with van der Waals surface area (Å²) in [6.07, 6.45) is 5.00. The predicted octanol–water partition coefficient (Wildman–Crippen LogP) is 1.14. The van der Waals surface area contributed by atoms with Crippen molar-refractivity contribution in [3.8, 4) is 6.07 Å². The first-order chi connectivity index (χ1) is 4.92. The monoisotopic (exact) mass is 136 g/mol. The SMILES string of the molecule is N#CC1CCCN1C1CC1. The van der Waals surface area contributed by atoms with E-state index < -0.39 is 0 Å². The Balaban J connectivity index is 1.99. The lowest BCUT2D eigenvalue weighted by Crippen LogP contribution is -2.29. The van der Waals surface area contributed by atoms with Crippen LogP contribution < -0.4 is 0 Å². The van der Waals surface area contributed by atoms with Gasteiger partial charge in [-0.25, -0.2) is 0 Å². The van der Waals surface area contributed by atoms with Crippen LogP contribution in [0.1, 0.15) is 25.7 Å². The Kier molecular flexibility index (Phi) is 1.39. The molecule has 2 fully saturated rings. The van der Waals surface area contributed by atoms with Gasteiger partial charge in [0.25, 0.3) is 0 Å². The normalized spacial score (nSPS) is 34.1. The minimum Gasteiger partial charge on any atom is -0.285 e. The molecule has 2 nitrogen and oxygen atoms in total. The lowest BCUT2D eigenvalue weighted by Gasteiger charge is -2.17. The maximum atomic E-state index is 8.72. The van der Waals surface area contributed by atoms with Crippen LogP contribution in [0.3, 0.4) is 0 Å². The second kappa shape index (κ2) is 2.25. The summed E-state index contributed by atoms with van der Waals surface area (Å²) < 4.78 is 0. The summed E-state index contributed by atoms with van der Waals surface area (Å²) in [6.45, 7) is 1.17. The lowest BCUT2D eigenvalue weighted by molar-refractivity contribution is 0.284. The second-order valence-electron chi connectivity index (χ2n) is 3.26. The van der Waals surface area contributed by atoms with E-state index >= 15 is 0 Å². The fourth-order valence-corrected chi connectivity index (χ4v) is 1.77. The third kappa shape index (κ3) is 0.911. The molecular formula is C8H12N2. The van der Waals surface area contributed by atoms with Crippen molar-refractivity contribution in [2.45, 2.75) is 37.8 Å². The first-order valence-corrected chi connectivity index (χ1v) is 4.07. The molecule has 0 N–H and O–H groups in total. The Morgan fingerprint density at radius 3 is 2.70 bits per heavy atom. The van der Waals surface area contributed by atoms with Crippen LogP contribution in [0.2, 0.25) is 0 Å². The van der Waals surface area contributed by atoms with Crippen molar-refractivity contribution in [1.82, 2.24) is 4.90 Å². The van der Waals surface area contributed by atoms with Crippen LogP contribution in [0.15, 0.2) is 0 Å².